The Hall–Kier alpha value is -2.82. The van der Waals surface area contributed by atoms with Crippen molar-refractivity contribution >= 4 is 22.7 Å². The second kappa shape index (κ2) is 5.76. The molecule has 1 unspecified atom stereocenters. The molecule has 0 aliphatic heterocycles. The van der Waals surface area contributed by atoms with Crippen molar-refractivity contribution in [3.8, 4) is 11.4 Å². The summed E-state index contributed by atoms with van der Waals surface area (Å²) in [6.45, 7) is 3.81. The zero-order valence-corrected chi connectivity index (χ0v) is 13.1. The molecule has 3 rings (SSSR count). The van der Waals surface area contributed by atoms with E-state index in [1.165, 1.54) is 0 Å². The minimum Gasteiger partial charge on any atom is -0.480 e. The van der Waals surface area contributed by atoms with Gasteiger partial charge in [0, 0.05) is 11.3 Å². The van der Waals surface area contributed by atoms with Gasteiger partial charge < -0.3 is 15.4 Å². The fourth-order valence-corrected chi connectivity index (χ4v) is 2.86. The van der Waals surface area contributed by atoms with Crippen LogP contribution in [0, 0.1) is 5.92 Å². The third kappa shape index (κ3) is 2.65. The number of para-hydroxylation sites is 2. The smallest absolute Gasteiger partial charge is 0.327 e. The Bertz CT molecular complexity index is 850. The summed E-state index contributed by atoms with van der Waals surface area (Å²) in [5, 5.41) is 9.72. The zero-order chi connectivity index (χ0) is 16.6. The van der Waals surface area contributed by atoms with Crippen molar-refractivity contribution in [3.05, 3.63) is 48.5 Å². The molecule has 0 amide bonds. The van der Waals surface area contributed by atoms with Crippen LogP contribution in [0.15, 0.2) is 48.5 Å². The van der Waals surface area contributed by atoms with Gasteiger partial charge in [-0.1, -0.05) is 26.0 Å². The zero-order valence-electron chi connectivity index (χ0n) is 13.1. The lowest BCUT2D eigenvalue weighted by molar-refractivity contribution is -0.142. The monoisotopic (exact) mass is 309 g/mol. The van der Waals surface area contributed by atoms with E-state index in [2.05, 4.69) is 4.98 Å². The van der Waals surface area contributed by atoms with Gasteiger partial charge in [0.05, 0.1) is 11.0 Å². The highest BCUT2D eigenvalue weighted by molar-refractivity contribution is 5.84. The molecule has 0 bridgehead atoms. The van der Waals surface area contributed by atoms with Gasteiger partial charge in [0.15, 0.2) is 0 Å². The lowest BCUT2D eigenvalue weighted by Gasteiger charge is -2.21. The van der Waals surface area contributed by atoms with Crippen molar-refractivity contribution in [2.24, 2.45) is 5.92 Å². The fourth-order valence-electron chi connectivity index (χ4n) is 2.86. The fraction of sp³-hybridized carbons (Fsp3) is 0.222. The summed E-state index contributed by atoms with van der Waals surface area (Å²) in [5.41, 5.74) is 8.87. The lowest BCUT2D eigenvalue weighted by atomic mass is 10.0. The summed E-state index contributed by atoms with van der Waals surface area (Å²) in [7, 11) is 0. The average Bonchev–Trinajstić information content (AvgIpc) is 2.87. The first-order chi connectivity index (χ1) is 11.0. The van der Waals surface area contributed by atoms with Crippen molar-refractivity contribution < 1.29 is 9.90 Å². The normalized spacial score (nSPS) is 12.7. The maximum Gasteiger partial charge on any atom is 0.327 e. The predicted molar refractivity (Wildman–Crippen MR) is 91.1 cm³/mol. The SMILES string of the molecule is CC(C)C(C(=O)O)n1c(-c2ccc(N)cc2)nc2ccccc21. The maximum atomic E-state index is 11.9. The maximum absolute atomic E-state index is 11.9. The molecule has 1 aromatic heterocycles. The Labute approximate surface area is 134 Å². The first-order valence-electron chi connectivity index (χ1n) is 7.54. The molecule has 0 fully saturated rings. The number of aliphatic carboxylic acids is 1. The molecular formula is C18H19N3O2. The van der Waals surface area contributed by atoms with Crippen molar-refractivity contribution in [3.63, 3.8) is 0 Å². The Balaban J connectivity index is 2.31. The van der Waals surface area contributed by atoms with E-state index in [0.717, 1.165) is 16.6 Å². The Morgan fingerprint density at radius 3 is 2.39 bits per heavy atom. The highest BCUT2D eigenvalue weighted by atomic mass is 16.4. The standard InChI is InChI=1S/C18H19N3O2/c1-11(2)16(18(22)23)21-15-6-4-3-5-14(15)20-17(21)12-7-9-13(19)10-8-12/h3-11,16H,19H2,1-2H3,(H,22,23). The number of hydrogen-bond donors (Lipinski definition) is 2. The highest BCUT2D eigenvalue weighted by Gasteiger charge is 2.28. The number of aromatic nitrogens is 2. The first kappa shape index (κ1) is 15.1. The molecule has 3 aromatic rings. The van der Waals surface area contributed by atoms with Gasteiger partial charge in [-0.15, -0.1) is 0 Å². The molecule has 1 atom stereocenters. The van der Waals surface area contributed by atoms with Crippen LogP contribution in [0.3, 0.4) is 0 Å². The lowest BCUT2D eigenvalue weighted by Crippen LogP contribution is -2.24. The minimum atomic E-state index is -0.861. The highest BCUT2D eigenvalue weighted by Crippen LogP contribution is 2.32. The van der Waals surface area contributed by atoms with Gasteiger partial charge in [-0.05, 0) is 42.3 Å². The van der Waals surface area contributed by atoms with Crippen LogP contribution < -0.4 is 5.73 Å². The number of nitrogen functional groups attached to an aromatic ring is 1. The summed E-state index contributed by atoms with van der Waals surface area (Å²) >= 11 is 0. The summed E-state index contributed by atoms with van der Waals surface area (Å²) in [6.07, 6.45) is 0. The molecule has 2 aromatic carbocycles. The van der Waals surface area contributed by atoms with Crippen molar-refractivity contribution in [1.82, 2.24) is 9.55 Å². The van der Waals surface area contributed by atoms with Crippen LogP contribution in [0.2, 0.25) is 0 Å². The van der Waals surface area contributed by atoms with Crippen LogP contribution in [-0.4, -0.2) is 20.6 Å². The molecule has 23 heavy (non-hydrogen) atoms. The second-order valence-electron chi connectivity index (χ2n) is 5.94. The third-order valence-electron chi connectivity index (χ3n) is 3.93. The predicted octanol–water partition coefficient (Wildman–Crippen LogP) is 3.57. The van der Waals surface area contributed by atoms with Crippen LogP contribution in [0.1, 0.15) is 19.9 Å². The van der Waals surface area contributed by atoms with E-state index >= 15 is 0 Å². The number of nitrogens with zero attached hydrogens (tertiary/aromatic N) is 2. The van der Waals surface area contributed by atoms with Gasteiger partial charge in [-0.3, -0.25) is 0 Å². The van der Waals surface area contributed by atoms with Crippen LogP contribution >= 0.6 is 0 Å². The van der Waals surface area contributed by atoms with E-state index in [0.29, 0.717) is 11.5 Å². The topological polar surface area (TPSA) is 81.1 Å². The Kier molecular flexibility index (Phi) is 3.78. The van der Waals surface area contributed by atoms with Crippen molar-refractivity contribution in [1.29, 1.82) is 0 Å². The summed E-state index contributed by atoms with van der Waals surface area (Å²) in [6, 6.07) is 14.2. The van der Waals surface area contributed by atoms with Crippen molar-refractivity contribution in [2.75, 3.05) is 5.73 Å². The number of fused-ring (bicyclic) bond motifs is 1. The Morgan fingerprint density at radius 2 is 1.78 bits per heavy atom. The molecule has 0 aliphatic rings. The molecule has 0 spiro atoms. The Morgan fingerprint density at radius 1 is 1.13 bits per heavy atom. The largest absolute Gasteiger partial charge is 0.480 e. The number of imidazole rings is 1. The molecule has 0 radical (unpaired) electrons. The molecule has 5 heteroatoms. The number of anilines is 1. The van der Waals surface area contributed by atoms with Crippen LogP contribution in [0.5, 0.6) is 0 Å². The van der Waals surface area contributed by atoms with E-state index in [4.69, 9.17) is 5.73 Å². The van der Waals surface area contributed by atoms with E-state index < -0.39 is 12.0 Å². The molecule has 0 aliphatic carbocycles. The molecule has 5 nitrogen and oxygen atoms in total. The molecule has 1 heterocycles. The summed E-state index contributed by atoms with van der Waals surface area (Å²) in [5.74, 6) is -0.287. The van der Waals surface area contributed by atoms with Gasteiger partial charge in [-0.2, -0.15) is 0 Å². The van der Waals surface area contributed by atoms with Crippen LogP contribution in [0.4, 0.5) is 5.69 Å². The first-order valence-corrected chi connectivity index (χ1v) is 7.54. The molecule has 0 saturated heterocycles. The number of benzene rings is 2. The van der Waals surface area contributed by atoms with E-state index in [1.54, 1.807) is 12.1 Å². The van der Waals surface area contributed by atoms with Gasteiger partial charge >= 0.3 is 5.97 Å². The van der Waals surface area contributed by atoms with Crippen LogP contribution in [0.25, 0.3) is 22.4 Å². The number of carbonyl (C=O) groups is 1. The van der Waals surface area contributed by atoms with Crippen LogP contribution in [-0.2, 0) is 4.79 Å². The number of carboxylic acids is 1. The number of nitrogens with two attached hydrogens (primary N) is 1. The minimum absolute atomic E-state index is 0.0716. The summed E-state index contributed by atoms with van der Waals surface area (Å²) < 4.78 is 1.81. The second-order valence-corrected chi connectivity index (χ2v) is 5.94. The van der Waals surface area contributed by atoms with Gasteiger partial charge in [-0.25, -0.2) is 9.78 Å². The van der Waals surface area contributed by atoms with Gasteiger partial charge in [0.1, 0.15) is 11.9 Å². The number of rotatable bonds is 4. The van der Waals surface area contributed by atoms with Crippen molar-refractivity contribution in [2.45, 2.75) is 19.9 Å². The van der Waals surface area contributed by atoms with Gasteiger partial charge in [0.25, 0.3) is 0 Å². The van der Waals surface area contributed by atoms with E-state index in [-0.39, 0.29) is 5.92 Å². The molecule has 118 valence electrons. The quantitative estimate of drug-likeness (QED) is 0.722. The summed E-state index contributed by atoms with van der Waals surface area (Å²) in [4.78, 5) is 16.5. The molecule has 3 N–H and O–H groups in total. The number of carboxylic acid groups (broad SMARTS) is 1. The van der Waals surface area contributed by atoms with E-state index in [9.17, 15) is 9.90 Å². The van der Waals surface area contributed by atoms with E-state index in [1.807, 2.05) is 54.8 Å². The van der Waals surface area contributed by atoms with Gasteiger partial charge in [0.2, 0.25) is 0 Å². The molecular weight excluding hydrogens is 290 g/mol. The number of hydrogen-bond acceptors (Lipinski definition) is 3. The molecule has 0 saturated carbocycles. The average molecular weight is 309 g/mol. The third-order valence-corrected chi connectivity index (χ3v) is 3.93.